The molecular formula is C8H9NO5. The summed E-state index contributed by atoms with van der Waals surface area (Å²) >= 11 is 0. The summed E-state index contributed by atoms with van der Waals surface area (Å²) in [7, 11) is 2.32. The minimum absolute atomic E-state index is 0.128. The Labute approximate surface area is 79.4 Å². The van der Waals surface area contributed by atoms with Crippen molar-refractivity contribution in [2.45, 2.75) is 0 Å². The van der Waals surface area contributed by atoms with Gasteiger partial charge >= 0.3 is 11.9 Å². The maximum Gasteiger partial charge on any atom is 0.355 e. The van der Waals surface area contributed by atoms with Crippen molar-refractivity contribution < 1.29 is 24.2 Å². The molecule has 6 nitrogen and oxygen atoms in total. The highest BCUT2D eigenvalue weighted by molar-refractivity contribution is 6.04. The van der Waals surface area contributed by atoms with E-state index in [1.165, 1.54) is 7.11 Å². The Bertz CT molecular complexity index is 368. The van der Waals surface area contributed by atoms with E-state index in [-0.39, 0.29) is 17.0 Å². The van der Waals surface area contributed by atoms with Gasteiger partial charge in [0.25, 0.3) is 0 Å². The third kappa shape index (κ3) is 1.54. The number of aromatic hydroxyl groups is 1. The maximum atomic E-state index is 11.1. The van der Waals surface area contributed by atoms with E-state index in [9.17, 15) is 14.7 Å². The van der Waals surface area contributed by atoms with Crippen molar-refractivity contribution in [3.8, 4) is 5.75 Å². The van der Waals surface area contributed by atoms with Gasteiger partial charge in [0, 0.05) is 6.20 Å². The number of carbonyl (C=O) groups is 2. The van der Waals surface area contributed by atoms with Crippen LogP contribution >= 0.6 is 0 Å². The van der Waals surface area contributed by atoms with Crippen LogP contribution in [0.5, 0.6) is 5.75 Å². The quantitative estimate of drug-likeness (QED) is 0.668. The highest BCUT2D eigenvalue weighted by Gasteiger charge is 2.24. The van der Waals surface area contributed by atoms with Gasteiger partial charge < -0.3 is 19.6 Å². The van der Waals surface area contributed by atoms with Crippen LogP contribution in [-0.2, 0) is 9.47 Å². The van der Waals surface area contributed by atoms with Crippen molar-refractivity contribution >= 4 is 11.9 Å². The summed E-state index contributed by atoms with van der Waals surface area (Å²) in [5.74, 6) is -1.90. The van der Waals surface area contributed by atoms with E-state index in [2.05, 4.69) is 14.5 Å². The highest BCUT2D eigenvalue weighted by Crippen LogP contribution is 2.21. The number of esters is 2. The molecule has 0 saturated heterocycles. The van der Waals surface area contributed by atoms with E-state index >= 15 is 0 Å². The molecule has 1 rings (SSSR count). The normalized spacial score (nSPS) is 9.57. The molecule has 1 aromatic rings. The van der Waals surface area contributed by atoms with Crippen LogP contribution in [0.3, 0.4) is 0 Å². The molecule has 0 spiro atoms. The summed E-state index contributed by atoms with van der Waals surface area (Å²) in [5.41, 5.74) is -0.351. The molecule has 0 aromatic carbocycles. The predicted octanol–water partition coefficient (Wildman–Crippen LogP) is 0.293. The number of H-pyrrole nitrogens is 1. The summed E-state index contributed by atoms with van der Waals surface area (Å²) in [6.07, 6.45) is 1.11. The lowest BCUT2D eigenvalue weighted by atomic mass is 10.2. The fraction of sp³-hybridized carbons (Fsp3) is 0.250. The molecule has 0 atom stereocenters. The Morgan fingerprint density at radius 2 is 1.86 bits per heavy atom. The first-order valence-electron chi connectivity index (χ1n) is 3.68. The molecule has 0 saturated carbocycles. The Kier molecular flexibility index (Phi) is 2.76. The van der Waals surface area contributed by atoms with E-state index in [1.807, 2.05) is 0 Å². The van der Waals surface area contributed by atoms with Crippen molar-refractivity contribution in [2.24, 2.45) is 0 Å². The summed E-state index contributed by atoms with van der Waals surface area (Å²) in [4.78, 5) is 24.6. The molecule has 0 amide bonds. The fourth-order valence-electron chi connectivity index (χ4n) is 0.985. The van der Waals surface area contributed by atoms with Gasteiger partial charge in [-0.1, -0.05) is 0 Å². The van der Waals surface area contributed by atoms with Crippen molar-refractivity contribution in [2.75, 3.05) is 14.2 Å². The second-order valence-corrected chi connectivity index (χ2v) is 2.41. The van der Waals surface area contributed by atoms with Crippen LogP contribution < -0.4 is 0 Å². The van der Waals surface area contributed by atoms with Crippen molar-refractivity contribution in [1.82, 2.24) is 4.98 Å². The van der Waals surface area contributed by atoms with Gasteiger partial charge in [0.15, 0.2) is 0 Å². The molecule has 0 aliphatic rings. The fourth-order valence-corrected chi connectivity index (χ4v) is 0.985. The van der Waals surface area contributed by atoms with Gasteiger partial charge in [-0.15, -0.1) is 0 Å². The molecular weight excluding hydrogens is 190 g/mol. The number of carbonyl (C=O) groups excluding carboxylic acids is 2. The van der Waals surface area contributed by atoms with Gasteiger partial charge in [0.05, 0.1) is 14.2 Å². The second-order valence-electron chi connectivity index (χ2n) is 2.41. The molecule has 0 aliphatic carbocycles. The zero-order valence-electron chi connectivity index (χ0n) is 7.66. The first kappa shape index (κ1) is 10.1. The number of ether oxygens (including phenoxy) is 2. The van der Waals surface area contributed by atoms with E-state index in [0.29, 0.717) is 0 Å². The van der Waals surface area contributed by atoms with Crippen molar-refractivity contribution in [1.29, 1.82) is 0 Å². The first-order valence-corrected chi connectivity index (χ1v) is 3.68. The van der Waals surface area contributed by atoms with Gasteiger partial charge in [0.2, 0.25) is 0 Å². The van der Waals surface area contributed by atoms with Crippen molar-refractivity contribution in [3.63, 3.8) is 0 Å². The third-order valence-electron chi connectivity index (χ3n) is 1.64. The van der Waals surface area contributed by atoms with Crippen LogP contribution in [0.15, 0.2) is 6.20 Å². The number of aromatic amines is 1. The number of hydrogen-bond donors (Lipinski definition) is 2. The Hall–Kier alpha value is -1.98. The van der Waals surface area contributed by atoms with Gasteiger partial charge in [0.1, 0.15) is 17.0 Å². The monoisotopic (exact) mass is 199 g/mol. The molecule has 0 unspecified atom stereocenters. The Morgan fingerprint density at radius 1 is 1.29 bits per heavy atom. The van der Waals surface area contributed by atoms with Crippen LogP contribution in [0.4, 0.5) is 0 Å². The van der Waals surface area contributed by atoms with E-state index in [1.54, 1.807) is 0 Å². The van der Waals surface area contributed by atoms with Crippen LogP contribution in [0.1, 0.15) is 20.8 Å². The highest BCUT2D eigenvalue weighted by atomic mass is 16.5. The topological polar surface area (TPSA) is 88.6 Å². The molecule has 0 aliphatic heterocycles. The number of aromatic nitrogens is 1. The maximum absolute atomic E-state index is 11.1. The van der Waals surface area contributed by atoms with Crippen LogP contribution in [0, 0.1) is 0 Å². The molecule has 14 heavy (non-hydrogen) atoms. The lowest BCUT2D eigenvalue weighted by Crippen LogP contribution is -2.10. The minimum Gasteiger partial charge on any atom is -0.505 e. The summed E-state index contributed by atoms with van der Waals surface area (Å²) in [6.45, 7) is 0. The number of hydrogen-bond acceptors (Lipinski definition) is 5. The number of nitrogens with one attached hydrogen (secondary N) is 1. The average molecular weight is 199 g/mol. The van der Waals surface area contributed by atoms with Gasteiger partial charge in [-0.3, -0.25) is 0 Å². The zero-order valence-corrected chi connectivity index (χ0v) is 7.66. The molecule has 2 N–H and O–H groups in total. The van der Waals surface area contributed by atoms with E-state index in [4.69, 9.17) is 0 Å². The molecule has 0 radical (unpaired) electrons. The lowest BCUT2D eigenvalue weighted by molar-refractivity contribution is 0.0550. The van der Waals surface area contributed by atoms with Gasteiger partial charge in [-0.25, -0.2) is 9.59 Å². The van der Waals surface area contributed by atoms with Crippen LogP contribution in [0.2, 0.25) is 0 Å². The molecule has 0 fully saturated rings. The molecule has 0 bridgehead atoms. The van der Waals surface area contributed by atoms with E-state index < -0.39 is 11.9 Å². The summed E-state index contributed by atoms with van der Waals surface area (Å²) in [5, 5.41) is 9.24. The zero-order chi connectivity index (χ0) is 10.7. The van der Waals surface area contributed by atoms with Gasteiger partial charge in [-0.2, -0.15) is 0 Å². The van der Waals surface area contributed by atoms with E-state index in [0.717, 1.165) is 13.3 Å². The van der Waals surface area contributed by atoms with Crippen LogP contribution in [-0.4, -0.2) is 36.2 Å². The Morgan fingerprint density at radius 3 is 2.36 bits per heavy atom. The third-order valence-corrected chi connectivity index (χ3v) is 1.64. The molecule has 1 heterocycles. The number of methoxy groups -OCH3 is 2. The average Bonchev–Trinajstić information content (AvgIpc) is 2.58. The minimum atomic E-state index is -0.802. The predicted molar refractivity (Wildman–Crippen MR) is 45.1 cm³/mol. The summed E-state index contributed by atoms with van der Waals surface area (Å²) < 4.78 is 8.78. The lowest BCUT2D eigenvalue weighted by Gasteiger charge is -2.00. The molecule has 76 valence electrons. The largest absolute Gasteiger partial charge is 0.505 e. The molecule has 6 heteroatoms. The van der Waals surface area contributed by atoms with Crippen LogP contribution in [0.25, 0.3) is 0 Å². The smallest absolute Gasteiger partial charge is 0.355 e. The van der Waals surface area contributed by atoms with Gasteiger partial charge in [-0.05, 0) is 0 Å². The van der Waals surface area contributed by atoms with Crippen molar-refractivity contribution in [3.05, 3.63) is 17.5 Å². The summed E-state index contributed by atoms with van der Waals surface area (Å²) in [6, 6.07) is 0. The number of rotatable bonds is 2. The standard InChI is InChI=1S/C8H9NO5/c1-13-7(11)5-4(10)3-9-6(5)8(12)14-2/h3,9-10H,1-2H3. The SMILES string of the molecule is COC(=O)c1[nH]cc(O)c1C(=O)OC. The Balaban J connectivity index is 3.19. The first-order chi connectivity index (χ1) is 6.61. The molecule has 1 aromatic heterocycles. The second kappa shape index (κ2) is 3.82.